The number of fused-ring (bicyclic) bond motifs is 3. The van der Waals surface area contributed by atoms with E-state index in [2.05, 4.69) is 17.6 Å². The molecule has 3 atom stereocenters. The van der Waals surface area contributed by atoms with Gasteiger partial charge in [0.15, 0.2) is 5.82 Å². The van der Waals surface area contributed by atoms with Crippen LogP contribution in [0.5, 0.6) is 5.75 Å². The second-order valence-electron chi connectivity index (χ2n) is 11.2. The minimum atomic E-state index is -0.0856. The van der Waals surface area contributed by atoms with E-state index in [1.807, 2.05) is 40.8 Å². The second kappa shape index (κ2) is 8.61. The number of nitrogens with two attached hydrogens (primary N) is 1. The van der Waals surface area contributed by atoms with Crippen molar-refractivity contribution < 1.29 is 14.3 Å². The molecule has 2 bridgehead atoms. The molecule has 3 heterocycles. The van der Waals surface area contributed by atoms with Gasteiger partial charge in [-0.15, -0.1) is 0 Å². The number of likely N-dealkylation sites (tertiary alicyclic amines) is 1. The molecule has 1 aromatic carbocycles. The number of amides is 1. The maximum Gasteiger partial charge on any atom is 0.254 e. The molecule has 1 aliphatic heterocycles. The van der Waals surface area contributed by atoms with Crippen LogP contribution >= 0.6 is 0 Å². The van der Waals surface area contributed by atoms with Crippen molar-refractivity contribution in [3.05, 3.63) is 35.5 Å². The van der Waals surface area contributed by atoms with Gasteiger partial charge >= 0.3 is 0 Å². The SMILES string of the molecule is COc1cc(C(=O)N2C[C@H]3CC[C@@H]2[C@@H]3N)cc2nc(-c3ccc(C#N)n3CC3CC(C)(OC)C3)n(C)c12. The Labute approximate surface area is 216 Å². The lowest BCUT2D eigenvalue weighted by Crippen LogP contribution is -2.44. The summed E-state index contributed by atoms with van der Waals surface area (Å²) in [5.74, 6) is 2.13. The third-order valence-corrected chi connectivity index (χ3v) is 9.01. The average molecular weight is 503 g/mol. The molecule has 2 saturated carbocycles. The zero-order chi connectivity index (χ0) is 26.1. The molecule has 3 aliphatic rings. The molecule has 1 saturated heterocycles. The summed E-state index contributed by atoms with van der Waals surface area (Å²) < 4.78 is 15.4. The zero-order valence-electron chi connectivity index (χ0n) is 21.9. The van der Waals surface area contributed by atoms with E-state index in [4.69, 9.17) is 20.2 Å². The van der Waals surface area contributed by atoms with Gasteiger partial charge in [0.25, 0.3) is 5.91 Å². The van der Waals surface area contributed by atoms with Crippen molar-refractivity contribution in [1.29, 1.82) is 5.26 Å². The van der Waals surface area contributed by atoms with E-state index >= 15 is 0 Å². The van der Waals surface area contributed by atoms with E-state index in [1.54, 1.807) is 14.2 Å². The lowest BCUT2D eigenvalue weighted by Gasteiger charge is -2.44. The number of aromatic nitrogens is 3. The lowest BCUT2D eigenvalue weighted by atomic mass is 9.72. The molecular weight excluding hydrogens is 468 g/mol. The quantitative estimate of drug-likeness (QED) is 0.554. The Bertz CT molecular complexity index is 1430. The first-order valence-corrected chi connectivity index (χ1v) is 13.0. The monoisotopic (exact) mass is 502 g/mol. The fraction of sp³-hybridized carbons (Fsp3) is 0.536. The Balaban J connectivity index is 1.37. The third kappa shape index (κ3) is 3.65. The maximum atomic E-state index is 13.5. The van der Waals surface area contributed by atoms with E-state index in [9.17, 15) is 10.1 Å². The Morgan fingerprint density at radius 2 is 2.05 bits per heavy atom. The predicted octanol–water partition coefficient (Wildman–Crippen LogP) is 3.30. The summed E-state index contributed by atoms with van der Waals surface area (Å²) >= 11 is 0. The van der Waals surface area contributed by atoms with Crippen LogP contribution in [0.25, 0.3) is 22.6 Å². The summed E-state index contributed by atoms with van der Waals surface area (Å²) in [5.41, 5.74) is 9.82. The number of nitrogens with zero attached hydrogens (tertiary/aromatic N) is 5. The number of rotatable bonds is 6. The summed E-state index contributed by atoms with van der Waals surface area (Å²) in [6.07, 6.45) is 3.97. The average Bonchev–Trinajstić information content (AvgIpc) is 3.63. The number of methoxy groups -OCH3 is 2. The van der Waals surface area contributed by atoms with Crippen LogP contribution in [0.2, 0.25) is 0 Å². The van der Waals surface area contributed by atoms with Crippen molar-refractivity contribution in [2.75, 3.05) is 20.8 Å². The molecule has 3 aromatic rings. The van der Waals surface area contributed by atoms with Crippen molar-refractivity contribution in [2.45, 2.75) is 56.8 Å². The summed E-state index contributed by atoms with van der Waals surface area (Å²) in [7, 11) is 5.32. The maximum absolute atomic E-state index is 13.5. The number of benzene rings is 1. The van der Waals surface area contributed by atoms with Gasteiger partial charge in [-0.05, 0) is 68.7 Å². The number of carbonyl (C=O) groups is 1. The van der Waals surface area contributed by atoms with E-state index in [0.29, 0.717) is 40.9 Å². The number of piperidine rings is 1. The molecule has 9 nitrogen and oxygen atoms in total. The normalized spacial score (nSPS) is 28.5. The molecule has 0 spiro atoms. The van der Waals surface area contributed by atoms with Crippen LogP contribution in [0.1, 0.15) is 48.7 Å². The van der Waals surface area contributed by atoms with Gasteiger partial charge in [-0.2, -0.15) is 5.26 Å². The highest BCUT2D eigenvalue weighted by molar-refractivity contribution is 6.00. The van der Waals surface area contributed by atoms with Crippen LogP contribution in [0.4, 0.5) is 0 Å². The molecule has 1 amide bonds. The summed E-state index contributed by atoms with van der Waals surface area (Å²) in [4.78, 5) is 20.4. The van der Waals surface area contributed by atoms with Gasteiger partial charge in [0.1, 0.15) is 23.0 Å². The minimum absolute atomic E-state index is 0.0172. The van der Waals surface area contributed by atoms with Crippen molar-refractivity contribution in [3.63, 3.8) is 0 Å². The smallest absolute Gasteiger partial charge is 0.254 e. The van der Waals surface area contributed by atoms with E-state index in [-0.39, 0.29) is 23.6 Å². The van der Waals surface area contributed by atoms with Crippen LogP contribution in [0.15, 0.2) is 24.3 Å². The standard InChI is InChI=1S/C28H34N6O3/c1-28(37-4)11-16(12-28)14-33-19(13-29)6-8-22(33)26-31-20-9-18(10-23(36-3)25(20)32(26)2)27(35)34-15-17-5-7-21(34)24(17)30/h6,8-10,16-17,21,24H,5,7,11-12,14-15,30H2,1-4H3/t16?,17-,21-,24-,28?/m1/s1. The summed E-state index contributed by atoms with van der Waals surface area (Å²) in [6, 6.07) is 9.98. The highest BCUT2D eigenvalue weighted by atomic mass is 16.5. The third-order valence-electron chi connectivity index (χ3n) is 9.01. The molecule has 2 aromatic heterocycles. The van der Waals surface area contributed by atoms with Crippen LogP contribution in [0, 0.1) is 23.2 Å². The van der Waals surface area contributed by atoms with E-state index in [0.717, 1.165) is 49.3 Å². The fourth-order valence-electron chi connectivity index (χ4n) is 6.94. The summed E-state index contributed by atoms with van der Waals surface area (Å²) in [6.45, 7) is 3.57. The Kier molecular flexibility index (Phi) is 5.58. The molecule has 3 fully saturated rings. The van der Waals surface area contributed by atoms with Gasteiger partial charge in [-0.3, -0.25) is 4.79 Å². The Morgan fingerprint density at radius 3 is 2.68 bits per heavy atom. The first-order chi connectivity index (χ1) is 17.8. The Hall–Kier alpha value is -3.35. The van der Waals surface area contributed by atoms with Crippen LogP contribution in [-0.4, -0.2) is 63.4 Å². The van der Waals surface area contributed by atoms with Crippen molar-refractivity contribution >= 4 is 16.9 Å². The minimum Gasteiger partial charge on any atom is -0.494 e. The number of imidazole rings is 1. The molecule has 194 valence electrons. The molecule has 2 aliphatic carbocycles. The molecule has 9 heteroatoms. The largest absolute Gasteiger partial charge is 0.494 e. The predicted molar refractivity (Wildman–Crippen MR) is 139 cm³/mol. The van der Waals surface area contributed by atoms with Crippen molar-refractivity contribution in [3.8, 4) is 23.3 Å². The van der Waals surface area contributed by atoms with Gasteiger partial charge in [-0.25, -0.2) is 4.98 Å². The van der Waals surface area contributed by atoms with Crippen LogP contribution in [-0.2, 0) is 18.3 Å². The molecular formula is C28H34N6O3. The highest BCUT2D eigenvalue weighted by Crippen LogP contribution is 2.42. The fourth-order valence-corrected chi connectivity index (χ4v) is 6.94. The molecule has 0 unspecified atom stereocenters. The number of nitriles is 1. The van der Waals surface area contributed by atoms with Crippen molar-refractivity contribution in [2.24, 2.45) is 24.6 Å². The first kappa shape index (κ1) is 24.0. The van der Waals surface area contributed by atoms with Gasteiger partial charge in [-0.1, -0.05) is 0 Å². The molecule has 2 N–H and O–H groups in total. The van der Waals surface area contributed by atoms with Gasteiger partial charge < -0.3 is 29.2 Å². The number of aryl methyl sites for hydroxylation is 1. The molecule has 0 radical (unpaired) electrons. The number of carbonyl (C=O) groups excluding carboxylic acids is 1. The summed E-state index contributed by atoms with van der Waals surface area (Å²) in [5, 5.41) is 9.79. The van der Waals surface area contributed by atoms with Gasteiger partial charge in [0.2, 0.25) is 0 Å². The second-order valence-corrected chi connectivity index (χ2v) is 11.2. The lowest BCUT2D eigenvalue weighted by molar-refractivity contribution is -0.0939. The van der Waals surface area contributed by atoms with Gasteiger partial charge in [0.05, 0.1) is 23.9 Å². The van der Waals surface area contributed by atoms with Crippen molar-refractivity contribution in [1.82, 2.24) is 19.0 Å². The number of hydrogen-bond donors (Lipinski definition) is 1. The molecule has 37 heavy (non-hydrogen) atoms. The van der Waals surface area contributed by atoms with Crippen LogP contribution < -0.4 is 10.5 Å². The van der Waals surface area contributed by atoms with Gasteiger partial charge in [0, 0.05) is 44.9 Å². The topological polar surface area (TPSA) is 111 Å². The number of ether oxygens (including phenoxy) is 2. The Morgan fingerprint density at radius 1 is 1.27 bits per heavy atom. The zero-order valence-corrected chi connectivity index (χ0v) is 21.9. The van der Waals surface area contributed by atoms with E-state index < -0.39 is 0 Å². The highest BCUT2D eigenvalue weighted by Gasteiger charge is 2.47. The van der Waals surface area contributed by atoms with E-state index in [1.165, 1.54) is 0 Å². The first-order valence-electron chi connectivity index (χ1n) is 13.0. The van der Waals surface area contributed by atoms with Crippen LogP contribution in [0.3, 0.4) is 0 Å². The molecule has 6 rings (SSSR count). The number of hydrogen-bond acceptors (Lipinski definition) is 6.